The van der Waals surface area contributed by atoms with Gasteiger partial charge in [0.15, 0.2) is 0 Å². The highest BCUT2D eigenvalue weighted by Crippen LogP contribution is 2.23. The van der Waals surface area contributed by atoms with Crippen LogP contribution >= 0.6 is 0 Å². The molecule has 1 aromatic heterocycles. The quantitative estimate of drug-likeness (QED) is 0.840. The van der Waals surface area contributed by atoms with Gasteiger partial charge in [0.05, 0.1) is 0 Å². The lowest BCUT2D eigenvalue weighted by atomic mass is 9.97. The zero-order chi connectivity index (χ0) is 13.0. The van der Waals surface area contributed by atoms with E-state index >= 15 is 0 Å². The van der Waals surface area contributed by atoms with Gasteiger partial charge in [0.25, 0.3) is 0 Å². The SMILES string of the molecule is CNCC1CCCN(c2ccnc(C(=O)O)c2)C1. The first-order valence-corrected chi connectivity index (χ1v) is 6.29. The van der Waals surface area contributed by atoms with Gasteiger partial charge in [-0.1, -0.05) is 0 Å². The van der Waals surface area contributed by atoms with E-state index in [1.807, 2.05) is 13.1 Å². The second-order valence-electron chi connectivity index (χ2n) is 4.72. The van der Waals surface area contributed by atoms with Crippen molar-refractivity contribution in [1.82, 2.24) is 10.3 Å². The van der Waals surface area contributed by atoms with Crippen molar-refractivity contribution < 1.29 is 9.90 Å². The summed E-state index contributed by atoms with van der Waals surface area (Å²) in [5, 5.41) is 12.2. The van der Waals surface area contributed by atoms with Crippen LogP contribution in [-0.2, 0) is 0 Å². The second kappa shape index (κ2) is 5.82. The maximum absolute atomic E-state index is 10.9. The Balaban J connectivity index is 2.10. The Hall–Kier alpha value is -1.62. The summed E-state index contributed by atoms with van der Waals surface area (Å²) in [7, 11) is 1.97. The first-order chi connectivity index (χ1) is 8.70. The van der Waals surface area contributed by atoms with Gasteiger partial charge in [0.1, 0.15) is 5.69 Å². The molecule has 0 bridgehead atoms. The Bertz CT molecular complexity index is 420. The first kappa shape index (κ1) is 12.8. The summed E-state index contributed by atoms with van der Waals surface area (Å²) in [5.41, 5.74) is 1.08. The molecular weight excluding hydrogens is 230 g/mol. The predicted octanol–water partition coefficient (Wildman–Crippen LogP) is 1.22. The minimum Gasteiger partial charge on any atom is -0.477 e. The third-order valence-corrected chi connectivity index (χ3v) is 3.34. The molecule has 5 nitrogen and oxygen atoms in total. The van der Waals surface area contributed by atoms with E-state index in [0.29, 0.717) is 5.92 Å². The van der Waals surface area contributed by atoms with Crippen LogP contribution in [0.4, 0.5) is 5.69 Å². The summed E-state index contributed by atoms with van der Waals surface area (Å²) in [6.07, 6.45) is 3.95. The average molecular weight is 249 g/mol. The van der Waals surface area contributed by atoms with Crippen molar-refractivity contribution in [1.29, 1.82) is 0 Å². The summed E-state index contributed by atoms with van der Waals surface area (Å²) in [5.74, 6) is -0.342. The van der Waals surface area contributed by atoms with Crippen LogP contribution in [0.15, 0.2) is 18.3 Å². The van der Waals surface area contributed by atoms with E-state index in [1.165, 1.54) is 6.42 Å². The van der Waals surface area contributed by atoms with Gasteiger partial charge < -0.3 is 15.3 Å². The molecule has 1 aliphatic rings. The lowest BCUT2D eigenvalue weighted by Gasteiger charge is -2.34. The highest BCUT2D eigenvalue weighted by atomic mass is 16.4. The third-order valence-electron chi connectivity index (χ3n) is 3.34. The summed E-state index contributed by atoms with van der Waals surface area (Å²) >= 11 is 0. The van der Waals surface area contributed by atoms with E-state index in [2.05, 4.69) is 15.2 Å². The number of carboxylic acid groups (broad SMARTS) is 1. The van der Waals surface area contributed by atoms with Gasteiger partial charge in [-0.3, -0.25) is 0 Å². The lowest BCUT2D eigenvalue weighted by Crippen LogP contribution is -2.39. The van der Waals surface area contributed by atoms with E-state index < -0.39 is 5.97 Å². The van der Waals surface area contributed by atoms with E-state index in [9.17, 15) is 4.79 Å². The average Bonchev–Trinajstić information content (AvgIpc) is 2.39. The monoisotopic (exact) mass is 249 g/mol. The number of carbonyl (C=O) groups is 1. The minimum atomic E-state index is -0.972. The molecule has 0 spiro atoms. The molecule has 98 valence electrons. The normalized spacial score (nSPS) is 19.8. The Labute approximate surface area is 107 Å². The molecule has 0 amide bonds. The Morgan fingerprint density at radius 2 is 2.50 bits per heavy atom. The summed E-state index contributed by atoms with van der Waals surface area (Å²) < 4.78 is 0. The second-order valence-corrected chi connectivity index (χ2v) is 4.72. The number of carboxylic acids is 1. The lowest BCUT2D eigenvalue weighted by molar-refractivity contribution is 0.0690. The number of aromatic nitrogens is 1. The van der Waals surface area contributed by atoms with Gasteiger partial charge in [0.2, 0.25) is 0 Å². The minimum absolute atomic E-state index is 0.114. The number of anilines is 1. The number of piperidine rings is 1. The van der Waals surface area contributed by atoms with Crippen molar-refractivity contribution >= 4 is 11.7 Å². The fraction of sp³-hybridized carbons (Fsp3) is 0.538. The van der Waals surface area contributed by atoms with Gasteiger partial charge >= 0.3 is 5.97 Å². The molecule has 0 aliphatic carbocycles. The number of nitrogens with one attached hydrogen (secondary N) is 1. The first-order valence-electron chi connectivity index (χ1n) is 6.29. The number of rotatable bonds is 4. The Morgan fingerprint density at radius 3 is 3.22 bits per heavy atom. The fourth-order valence-electron chi connectivity index (χ4n) is 2.49. The van der Waals surface area contributed by atoms with Crippen molar-refractivity contribution in [2.45, 2.75) is 12.8 Å². The largest absolute Gasteiger partial charge is 0.477 e. The summed E-state index contributed by atoms with van der Waals surface area (Å²) in [6.45, 7) is 2.97. The van der Waals surface area contributed by atoms with Crippen LogP contribution in [0.1, 0.15) is 23.3 Å². The summed E-state index contributed by atoms with van der Waals surface area (Å²) in [6, 6.07) is 3.54. The maximum Gasteiger partial charge on any atom is 0.354 e. The molecule has 1 unspecified atom stereocenters. The fourth-order valence-corrected chi connectivity index (χ4v) is 2.49. The maximum atomic E-state index is 10.9. The Morgan fingerprint density at radius 1 is 1.67 bits per heavy atom. The number of aromatic carboxylic acids is 1. The van der Waals surface area contributed by atoms with Gasteiger partial charge in [0, 0.05) is 25.0 Å². The van der Waals surface area contributed by atoms with E-state index in [4.69, 9.17) is 5.11 Å². The van der Waals surface area contributed by atoms with Crippen molar-refractivity contribution in [3.8, 4) is 0 Å². The molecule has 0 saturated carbocycles. The molecule has 1 aromatic rings. The van der Waals surface area contributed by atoms with Crippen LogP contribution in [0.2, 0.25) is 0 Å². The predicted molar refractivity (Wildman–Crippen MR) is 70.1 cm³/mol. The molecular formula is C13H19N3O2. The van der Waals surface area contributed by atoms with Crippen LogP contribution in [0.5, 0.6) is 0 Å². The molecule has 18 heavy (non-hydrogen) atoms. The highest BCUT2D eigenvalue weighted by Gasteiger charge is 2.20. The van der Waals surface area contributed by atoms with Crippen LogP contribution in [-0.4, -0.2) is 42.7 Å². The van der Waals surface area contributed by atoms with Gasteiger partial charge in [-0.25, -0.2) is 9.78 Å². The molecule has 1 saturated heterocycles. The standard InChI is InChI=1S/C13H19N3O2/c1-14-8-10-3-2-6-16(9-10)11-4-5-15-12(7-11)13(17)18/h4-5,7,10,14H,2-3,6,8-9H2,1H3,(H,17,18). The molecule has 2 rings (SSSR count). The molecule has 1 atom stereocenters. The number of pyridine rings is 1. The van der Waals surface area contributed by atoms with Gasteiger partial charge in [-0.15, -0.1) is 0 Å². The van der Waals surface area contributed by atoms with Crippen LogP contribution < -0.4 is 10.2 Å². The number of hydrogen-bond donors (Lipinski definition) is 2. The molecule has 2 heterocycles. The number of nitrogens with zero attached hydrogens (tertiary/aromatic N) is 2. The Kier molecular flexibility index (Phi) is 4.15. The molecule has 1 fully saturated rings. The molecule has 5 heteroatoms. The van der Waals surface area contributed by atoms with Crippen LogP contribution in [0, 0.1) is 5.92 Å². The van der Waals surface area contributed by atoms with Crippen molar-refractivity contribution in [3.05, 3.63) is 24.0 Å². The van der Waals surface area contributed by atoms with Crippen LogP contribution in [0.3, 0.4) is 0 Å². The van der Waals surface area contributed by atoms with E-state index in [-0.39, 0.29) is 5.69 Å². The van der Waals surface area contributed by atoms with Crippen molar-refractivity contribution in [2.24, 2.45) is 5.92 Å². The molecule has 1 aliphatic heterocycles. The summed E-state index contributed by atoms with van der Waals surface area (Å²) in [4.78, 5) is 17.0. The van der Waals surface area contributed by atoms with Gasteiger partial charge in [-0.05, 0) is 44.5 Å². The van der Waals surface area contributed by atoms with Gasteiger partial charge in [-0.2, -0.15) is 0 Å². The zero-order valence-electron chi connectivity index (χ0n) is 10.6. The highest BCUT2D eigenvalue weighted by molar-refractivity contribution is 5.86. The van der Waals surface area contributed by atoms with E-state index in [1.54, 1.807) is 12.3 Å². The zero-order valence-corrected chi connectivity index (χ0v) is 10.6. The van der Waals surface area contributed by atoms with Crippen LogP contribution in [0.25, 0.3) is 0 Å². The van der Waals surface area contributed by atoms with Crippen molar-refractivity contribution in [3.63, 3.8) is 0 Å². The van der Waals surface area contributed by atoms with E-state index in [0.717, 1.165) is 31.7 Å². The third kappa shape index (κ3) is 2.98. The molecule has 0 aromatic carbocycles. The molecule has 0 radical (unpaired) electrons. The number of hydrogen-bond acceptors (Lipinski definition) is 4. The smallest absolute Gasteiger partial charge is 0.354 e. The topological polar surface area (TPSA) is 65.5 Å². The molecule has 2 N–H and O–H groups in total. The van der Waals surface area contributed by atoms with Crippen molar-refractivity contribution in [2.75, 3.05) is 31.6 Å².